The molecule has 0 spiro atoms. The minimum atomic E-state index is -4.23. The second-order valence-corrected chi connectivity index (χ2v) is 4.84. The Kier molecular flexibility index (Phi) is 4.15. The van der Waals surface area contributed by atoms with Crippen LogP contribution in [0.15, 0.2) is 18.3 Å². The standard InChI is InChI=1S/C13H13F3N2O3/c14-13(15,16)9-2-5-18(6-3-9)11(19)8-1-4-17-10(7-8)12(20)21/h1,4,7,9H,2-3,5-6H2,(H,20,21). The Morgan fingerprint density at radius 3 is 2.43 bits per heavy atom. The molecule has 0 bridgehead atoms. The number of amides is 1. The molecule has 2 heterocycles. The fourth-order valence-corrected chi connectivity index (χ4v) is 2.27. The van der Waals surface area contributed by atoms with E-state index in [9.17, 15) is 22.8 Å². The first-order valence-corrected chi connectivity index (χ1v) is 6.34. The van der Waals surface area contributed by atoms with Gasteiger partial charge in [-0.15, -0.1) is 0 Å². The van der Waals surface area contributed by atoms with Crippen LogP contribution < -0.4 is 0 Å². The van der Waals surface area contributed by atoms with E-state index in [1.54, 1.807) is 0 Å². The van der Waals surface area contributed by atoms with Gasteiger partial charge in [-0.3, -0.25) is 4.79 Å². The van der Waals surface area contributed by atoms with Crippen LogP contribution in [0, 0.1) is 5.92 Å². The quantitative estimate of drug-likeness (QED) is 0.909. The van der Waals surface area contributed by atoms with Gasteiger partial charge in [0.2, 0.25) is 0 Å². The number of carbonyl (C=O) groups is 2. The maximum atomic E-state index is 12.6. The summed E-state index contributed by atoms with van der Waals surface area (Å²) in [6, 6.07) is 2.48. The predicted molar refractivity (Wildman–Crippen MR) is 65.9 cm³/mol. The van der Waals surface area contributed by atoms with Crippen LogP contribution in [-0.2, 0) is 0 Å². The predicted octanol–water partition coefficient (Wildman–Crippen LogP) is 2.19. The number of likely N-dealkylation sites (tertiary alicyclic amines) is 1. The molecule has 1 saturated heterocycles. The summed E-state index contributed by atoms with van der Waals surface area (Å²) in [5.74, 6) is -3.12. The van der Waals surface area contributed by atoms with Crippen LogP contribution in [0.2, 0.25) is 0 Å². The molecular weight excluding hydrogens is 289 g/mol. The summed E-state index contributed by atoms with van der Waals surface area (Å²) in [5.41, 5.74) is -0.154. The van der Waals surface area contributed by atoms with Gasteiger partial charge in [0.25, 0.3) is 5.91 Å². The van der Waals surface area contributed by atoms with Crippen LogP contribution in [0.5, 0.6) is 0 Å². The second-order valence-electron chi connectivity index (χ2n) is 4.84. The highest BCUT2D eigenvalue weighted by molar-refractivity contribution is 5.96. The van der Waals surface area contributed by atoms with Crippen molar-refractivity contribution in [3.8, 4) is 0 Å². The van der Waals surface area contributed by atoms with Gasteiger partial charge in [-0.05, 0) is 25.0 Å². The van der Waals surface area contributed by atoms with Gasteiger partial charge in [0, 0.05) is 24.8 Å². The monoisotopic (exact) mass is 302 g/mol. The Morgan fingerprint density at radius 2 is 1.90 bits per heavy atom. The zero-order chi connectivity index (χ0) is 15.6. The summed E-state index contributed by atoms with van der Waals surface area (Å²) in [5, 5.41) is 8.81. The molecule has 0 saturated carbocycles. The van der Waals surface area contributed by atoms with Gasteiger partial charge in [-0.2, -0.15) is 13.2 Å². The van der Waals surface area contributed by atoms with Gasteiger partial charge in [-0.25, -0.2) is 9.78 Å². The van der Waals surface area contributed by atoms with Gasteiger partial charge in [0.15, 0.2) is 0 Å². The molecule has 0 radical (unpaired) electrons. The summed E-state index contributed by atoms with van der Waals surface area (Å²) in [6.45, 7) is 0.0154. The highest BCUT2D eigenvalue weighted by Gasteiger charge is 2.41. The first-order valence-electron chi connectivity index (χ1n) is 6.34. The van der Waals surface area contributed by atoms with Crippen LogP contribution in [-0.4, -0.2) is 46.1 Å². The molecule has 1 aliphatic rings. The molecule has 0 aromatic carbocycles. The Balaban J connectivity index is 2.05. The van der Waals surface area contributed by atoms with E-state index in [0.29, 0.717) is 0 Å². The number of carboxylic acids is 1. The van der Waals surface area contributed by atoms with E-state index in [4.69, 9.17) is 5.11 Å². The molecule has 0 atom stereocenters. The number of halogens is 3. The largest absolute Gasteiger partial charge is 0.477 e. The highest BCUT2D eigenvalue weighted by Crippen LogP contribution is 2.34. The fourth-order valence-electron chi connectivity index (χ4n) is 2.27. The maximum absolute atomic E-state index is 12.6. The van der Waals surface area contributed by atoms with E-state index in [1.165, 1.54) is 17.2 Å². The van der Waals surface area contributed by atoms with Crippen LogP contribution in [0.4, 0.5) is 13.2 Å². The van der Waals surface area contributed by atoms with Gasteiger partial charge < -0.3 is 10.0 Å². The zero-order valence-corrected chi connectivity index (χ0v) is 10.9. The molecule has 2 rings (SSSR count). The topological polar surface area (TPSA) is 70.5 Å². The summed E-state index contributed by atoms with van der Waals surface area (Å²) < 4.78 is 37.7. The maximum Gasteiger partial charge on any atom is 0.391 e. The first kappa shape index (κ1) is 15.3. The summed E-state index contributed by atoms with van der Waals surface area (Å²) >= 11 is 0. The van der Waals surface area contributed by atoms with E-state index in [1.807, 2.05) is 0 Å². The number of aromatic nitrogens is 1. The van der Waals surface area contributed by atoms with Crippen molar-refractivity contribution in [2.24, 2.45) is 5.92 Å². The lowest BCUT2D eigenvalue weighted by Crippen LogP contribution is -2.42. The molecule has 8 heteroatoms. The molecule has 21 heavy (non-hydrogen) atoms. The third-order valence-electron chi connectivity index (χ3n) is 3.47. The number of hydrogen-bond acceptors (Lipinski definition) is 3. The normalized spacial score (nSPS) is 16.8. The smallest absolute Gasteiger partial charge is 0.391 e. The van der Waals surface area contributed by atoms with Crippen molar-refractivity contribution in [1.29, 1.82) is 0 Å². The number of carboxylic acid groups (broad SMARTS) is 1. The Morgan fingerprint density at radius 1 is 1.29 bits per heavy atom. The van der Waals surface area contributed by atoms with Crippen LogP contribution >= 0.6 is 0 Å². The van der Waals surface area contributed by atoms with Crippen LogP contribution in [0.3, 0.4) is 0 Å². The summed E-state index contributed by atoms with van der Waals surface area (Å²) in [7, 11) is 0. The number of nitrogens with zero attached hydrogens (tertiary/aromatic N) is 2. The molecule has 1 fully saturated rings. The Hall–Kier alpha value is -2.12. The van der Waals surface area contributed by atoms with E-state index < -0.39 is 24.0 Å². The molecular formula is C13H13F3N2O3. The van der Waals surface area contributed by atoms with E-state index in [2.05, 4.69) is 4.98 Å². The van der Waals surface area contributed by atoms with Crippen molar-refractivity contribution in [2.45, 2.75) is 19.0 Å². The first-order chi connectivity index (χ1) is 9.79. The fraction of sp³-hybridized carbons (Fsp3) is 0.462. The van der Waals surface area contributed by atoms with Crippen LogP contribution in [0.1, 0.15) is 33.7 Å². The number of carbonyl (C=O) groups excluding carboxylic acids is 1. The Bertz CT molecular complexity index is 552. The number of pyridine rings is 1. The van der Waals surface area contributed by atoms with Crippen molar-refractivity contribution in [3.05, 3.63) is 29.6 Å². The van der Waals surface area contributed by atoms with E-state index in [0.717, 1.165) is 6.07 Å². The van der Waals surface area contributed by atoms with Crippen LogP contribution in [0.25, 0.3) is 0 Å². The molecule has 0 aliphatic carbocycles. The van der Waals surface area contributed by atoms with Gasteiger partial charge >= 0.3 is 12.1 Å². The number of alkyl halides is 3. The molecule has 5 nitrogen and oxygen atoms in total. The molecule has 0 unspecified atom stereocenters. The molecule has 1 N–H and O–H groups in total. The highest BCUT2D eigenvalue weighted by atomic mass is 19.4. The zero-order valence-electron chi connectivity index (χ0n) is 10.9. The molecule has 1 amide bonds. The lowest BCUT2D eigenvalue weighted by molar-refractivity contribution is -0.183. The Labute approximate surface area is 118 Å². The molecule has 1 aromatic heterocycles. The average molecular weight is 302 g/mol. The SMILES string of the molecule is O=C(O)c1cc(C(=O)N2CCC(C(F)(F)F)CC2)ccn1. The number of hydrogen-bond donors (Lipinski definition) is 1. The molecule has 1 aliphatic heterocycles. The number of rotatable bonds is 2. The van der Waals surface area contributed by atoms with E-state index >= 15 is 0 Å². The summed E-state index contributed by atoms with van der Waals surface area (Å²) in [6.07, 6.45) is -3.31. The molecule has 114 valence electrons. The molecule has 1 aromatic rings. The van der Waals surface area contributed by atoms with Crippen molar-refractivity contribution in [3.63, 3.8) is 0 Å². The number of aromatic carboxylic acids is 1. The van der Waals surface area contributed by atoms with Crippen molar-refractivity contribution in [2.75, 3.05) is 13.1 Å². The lowest BCUT2D eigenvalue weighted by atomic mass is 9.96. The van der Waals surface area contributed by atoms with Gasteiger partial charge in [0.05, 0.1) is 5.92 Å². The average Bonchev–Trinajstić information content (AvgIpc) is 2.46. The van der Waals surface area contributed by atoms with Crippen molar-refractivity contribution in [1.82, 2.24) is 9.88 Å². The lowest BCUT2D eigenvalue weighted by Gasteiger charge is -2.33. The van der Waals surface area contributed by atoms with Crippen molar-refractivity contribution >= 4 is 11.9 Å². The van der Waals surface area contributed by atoms with E-state index in [-0.39, 0.29) is 37.2 Å². The minimum Gasteiger partial charge on any atom is -0.477 e. The number of piperidine rings is 1. The van der Waals surface area contributed by atoms with Gasteiger partial charge in [-0.1, -0.05) is 0 Å². The summed E-state index contributed by atoms with van der Waals surface area (Å²) in [4.78, 5) is 27.8. The third kappa shape index (κ3) is 3.50. The van der Waals surface area contributed by atoms with Gasteiger partial charge in [0.1, 0.15) is 5.69 Å². The second kappa shape index (κ2) is 5.71. The van der Waals surface area contributed by atoms with Crippen molar-refractivity contribution < 1.29 is 27.9 Å². The third-order valence-corrected chi connectivity index (χ3v) is 3.47. The minimum absolute atomic E-state index is 0.00768.